The van der Waals surface area contributed by atoms with E-state index >= 15 is 0 Å². The van der Waals surface area contributed by atoms with Crippen molar-refractivity contribution < 1.29 is 24.3 Å². The number of hydrogen-bond acceptors (Lipinski definition) is 5. The van der Waals surface area contributed by atoms with Gasteiger partial charge in [-0.05, 0) is 84.4 Å². The molecule has 10 heteroatoms. The van der Waals surface area contributed by atoms with Crippen LogP contribution < -0.4 is 11.1 Å². The molecule has 3 amide bonds. The quantitative estimate of drug-likeness (QED) is 0.340. The van der Waals surface area contributed by atoms with Gasteiger partial charge < -0.3 is 26.0 Å². The van der Waals surface area contributed by atoms with Gasteiger partial charge in [0.2, 0.25) is 17.7 Å². The summed E-state index contributed by atoms with van der Waals surface area (Å²) >= 11 is 2.22. The molecule has 0 saturated carbocycles. The van der Waals surface area contributed by atoms with Gasteiger partial charge in [-0.2, -0.15) is 0 Å². The molecule has 4 atom stereocenters. The largest absolute Gasteiger partial charge is 0.481 e. The van der Waals surface area contributed by atoms with Crippen molar-refractivity contribution in [2.75, 3.05) is 13.1 Å². The highest BCUT2D eigenvalue weighted by atomic mass is 127. The summed E-state index contributed by atoms with van der Waals surface area (Å²) in [6.07, 6.45) is 2.93. The van der Waals surface area contributed by atoms with Gasteiger partial charge in [0.15, 0.2) is 0 Å². The van der Waals surface area contributed by atoms with E-state index in [1.807, 2.05) is 54.6 Å². The molecule has 0 unspecified atom stereocenters. The number of likely N-dealkylation sites (tertiary alicyclic amines) is 2. The number of carbonyl (C=O) groups excluding carboxylic acids is 3. The van der Waals surface area contributed by atoms with Crippen LogP contribution in [0.25, 0.3) is 0 Å². The SMILES string of the molecule is N[C@@H](Cc1ccc(I)cc1)C(=O)N1CCC[C@H]1C(=O)N1CCC[C@H]1C(=O)N[C@H](CC(=O)O)Cc1ccccc1. The van der Waals surface area contributed by atoms with Crippen molar-refractivity contribution in [2.45, 2.75) is 69.1 Å². The van der Waals surface area contributed by atoms with Crippen LogP contribution in [0.15, 0.2) is 54.6 Å². The van der Waals surface area contributed by atoms with Gasteiger partial charge in [-0.1, -0.05) is 42.5 Å². The second kappa shape index (κ2) is 13.4. The van der Waals surface area contributed by atoms with Crippen molar-refractivity contribution >= 4 is 46.3 Å². The number of carbonyl (C=O) groups is 4. The van der Waals surface area contributed by atoms with Crippen molar-refractivity contribution in [3.8, 4) is 0 Å². The zero-order valence-electron chi connectivity index (χ0n) is 21.8. The van der Waals surface area contributed by atoms with Crippen LogP contribution in [0.3, 0.4) is 0 Å². The van der Waals surface area contributed by atoms with E-state index in [4.69, 9.17) is 5.73 Å². The molecule has 2 aliphatic rings. The van der Waals surface area contributed by atoms with Crippen LogP contribution in [0.1, 0.15) is 43.2 Å². The molecule has 2 aromatic carbocycles. The van der Waals surface area contributed by atoms with E-state index in [9.17, 15) is 24.3 Å². The van der Waals surface area contributed by atoms with E-state index in [1.54, 1.807) is 9.80 Å². The summed E-state index contributed by atoms with van der Waals surface area (Å²) in [5.74, 6) is -1.85. The van der Waals surface area contributed by atoms with Crippen LogP contribution in [-0.4, -0.2) is 75.9 Å². The van der Waals surface area contributed by atoms with Crippen LogP contribution in [0.2, 0.25) is 0 Å². The molecule has 2 heterocycles. The van der Waals surface area contributed by atoms with Crippen molar-refractivity contribution in [1.29, 1.82) is 0 Å². The monoisotopic (exact) mass is 646 g/mol. The number of nitrogens with zero attached hydrogens (tertiary/aromatic N) is 2. The molecule has 2 fully saturated rings. The number of nitrogens with two attached hydrogens (primary N) is 1. The number of nitrogens with one attached hydrogen (secondary N) is 1. The number of carboxylic acid groups (broad SMARTS) is 1. The molecule has 2 aliphatic heterocycles. The zero-order chi connectivity index (χ0) is 27.9. The van der Waals surface area contributed by atoms with Gasteiger partial charge in [0, 0.05) is 22.7 Å². The second-order valence-corrected chi connectivity index (χ2v) is 11.6. The summed E-state index contributed by atoms with van der Waals surface area (Å²) in [6, 6.07) is 14.5. The fraction of sp³-hybridized carbons (Fsp3) is 0.448. The molecule has 2 aromatic rings. The summed E-state index contributed by atoms with van der Waals surface area (Å²) in [7, 11) is 0. The minimum absolute atomic E-state index is 0.218. The molecule has 39 heavy (non-hydrogen) atoms. The van der Waals surface area contributed by atoms with E-state index in [0.717, 1.165) is 14.7 Å². The Balaban J connectivity index is 1.40. The molecule has 0 aromatic heterocycles. The van der Waals surface area contributed by atoms with E-state index in [1.165, 1.54) is 0 Å². The average molecular weight is 647 g/mol. The molecule has 4 N–H and O–H groups in total. The minimum Gasteiger partial charge on any atom is -0.481 e. The number of hydrogen-bond donors (Lipinski definition) is 3. The van der Waals surface area contributed by atoms with Crippen LogP contribution in [0, 0.1) is 3.57 Å². The predicted octanol–water partition coefficient (Wildman–Crippen LogP) is 2.35. The van der Waals surface area contributed by atoms with E-state index in [0.29, 0.717) is 51.6 Å². The minimum atomic E-state index is -1.00. The van der Waals surface area contributed by atoms with E-state index in [2.05, 4.69) is 27.9 Å². The number of amides is 3. The molecular weight excluding hydrogens is 611 g/mol. The van der Waals surface area contributed by atoms with Gasteiger partial charge in [0.1, 0.15) is 12.1 Å². The maximum Gasteiger partial charge on any atom is 0.305 e. The fourth-order valence-corrected chi connectivity index (χ4v) is 5.90. The third-order valence-electron chi connectivity index (χ3n) is 7.44. The lowest BCUT2D eigenvalue weighted by atomic mass is 10.0. The van der Waals surface area contributed by atoms with Gasteiger partial charge in [-0.25, -0.2) is 0 Å². The number of carboxylic acids is 1. The first-order valence-corrected chi connectivity index (χ1v) is 14.5. The third-order valence-corrected chi connectivity index (χ3v) is 8.16. The Bertz CT molecular complexity index is 1180. The Morgan fingerprint density at radius 2 is 1.51 bits per heavy atom. The van der Waals surface area contributed by atoms with Gasteiger partial charge in [-0.15, -0.1) is 0 Å². The topological polar surface area (TPSA) is 133 Å². The Labute approximate surface area is 242 Å². The molecule has 0 spiro atoms. The average Bonchev–Trinajstić information content (AvgIpc) is 3.60. The van der Waals surface area contributed by atoms with Crippen molar-refractivity contribution in [2.24, 2.45) is 5.73 Å². The van der Waals surface area contributed by atoms with Crippen molar-refractivity contribution in [1.82, 2.24) is 15.1 Å². The number of rotatable bonds is 10. The molecule has 4 rings (SSSR count). The number of aliphatic carboxylic acids is 1. The van der Waals surface area contributed by atoms with Gasteiger partial charge in [0.05, 0.1) is 12.5 Å². The summed E-state index contributed by atoms with van der Waals surface area (Å²) in [5, 5.41) is 12.3. The number of benzene rings is 2. The smallest absolute Gasteiger partial charge is 0.305 e. The Kier molecular flexibility index (Phi) is 9.95. The van der Waals surface area contributed by atoms with E-state index < -0.39 is 30.1 Å². The first-order chi connectivity index (χ1) is 18.7. The fourth-order valence-electron chi connectivity index (χ4n) is 5.54. The standard InChI is InChI=1S/C29H35IN4O5/c30-21-12-10-20(11-13-21)17-23(31)28(38)34-15-5-9-25(34)29(39)33-14-4-8-24(33)27(37)32-22(18-26(35)36)16-19-6-2-1-3-7-19/h1-3,6-7,10-13,22-25H,4-5,8-9,14-18,31H2,(H,32,37)(H,35,36)/t22-,23-,24-,25-/m0/s1. The lowest BCUT2D eigenvalue weighted by Gasteiger charge is -2.32. The highest BCUT2D eigenvalue weighted by molar-refractivity contribution is 14.1. The first kappa shape index (κ1) is 29.0. The molecule has 0 bridgehead atoms. The lowest BCUT2D eigenvalue weighted by Crippen LogP contribution is -2.56. The van der Waals surface area contributed by atoms with Crippen LogP contribution in [-0.2, 0) is 32.0 Å². The molecular formula is C29H35IN4O5. The van der Waals surface area contributed by atoms with Crippen molar-refractivity contribution in [3.05, 3.63) is 69.3 Å². The molecule has 2 saturated heterocycles. The van der Waals surface area contributed by atoms with Gasteiger partial charge >= 0.3 is 5.97 Å². The van der Waals surface area contributed by atoms with Gasteiger partial charge in [0.25, 0.3) is 0 Å². The van der Waals surface area contributed by atoms with Crippen LogP contribution in [0.4, 0.5) is 0 Å². The predicted molar refractivity (Wildman–Crippen MR) is 155 cm³/mol. The maximum atomic E-state index is 13.7. The highest BCUT2D eigenvalue weighted by Crippen LogP contribution is 2.26. The van der Waals surface area contributed by atoms with Crippen molar-refractivity contribution in [3.63, 3.8) is 0 Å². The first-order valence-electron chi connectivity index (χ1n) is 13.4. The summed E-state index contributed by atoms with van der Waals surface area (Å²) < 4.78 is 1.10. The lowest BCUT2D eigenvalue weighted by molar-refractivity contribution is -0.147. The van der Waals surface area contributed by atoms with Crippen LogP contribution >= 0.6 is 22.6 Å². The zero-order valence-corrected chi connectivity index (χ0v) is 24.0. The van der Waals surface area contributed by atoms with Crippen LogP contribution in [0.5, 0.6) is 0 Å². The third kappa shape index (κ3) is 7.57. The number of halogens is 1. The normalized spacial score (nSPS) is 20.5. The van der Waals surface area contributed by atoms with Gasteiger partial charge in [-0.3, -0.25) is 19.2 Å². The molecule has 0 radical (unpaired) electrons. The Morgan fingerprint density at radius 3 is 2.18 bits per heavy atom. The Morgan fingerprint density at radius 1 is 0.897 bits per heavy atom. The molecule has 208 valence electrons. The molecule has 9 nitrogen and oxygen atoms in total. The maximum absolute atomic E-state index is 13.7. The summed E-state index contributed by atoms with van der Waals surface area (Å²) in [4.78, 5) is 54.9. The van der Waals surface area contributed by atoms with E-state index in [-0.39, 0.29) is 24.1 Å². The molecule has 0 aliphatic carbocycles. The summed E-state index contributed by atoms with van der Waals surface area (Å²) in [5.41, 5.74) is 8.17. The summed E-state index contributed by atoms with van der Waals surface area (Å²) in [6.45, 7) is 0.879. The second-order valence-electron chi connectivity index (χ2n) is 10.3. The highest BCUT2D eigenvalue weighted by Gasteiger charge is 2.43. The Hall–Kier alpha value is -2.99.